The zero-order valence-electron chi connectivity index (χ0n) is 10.6. The van der Waals surface area contributed by atoms with Gasteiger partial charge in [-0.1, -0.05) is 33.6 Å². The van der Waals surface area contributed by atoms with Crippen LogP contribution in [0.25, 0.3) is 0 Å². The van der Waals surface area contributed by atoms with Crippen LogP contribution in [0.3, 0.4) is 0 Å². The molecule has 0 unspecified atom stereocenters. The Hall–Kier alpha value is -0.370. The quantitative estimate of drug-likeness (QED) is 0.715. The van der Waals surface area contributed by atoms with E-state index in [9.17, 15) is 4.79 Å². The van der Waals surface area contributed by atoms with Crippen LogP contribution in [0, 0.1) is 10.8 Å². The molecule has 88 valence electrons. The Kier molecular flexibility index (Phi) is 3.93. The summed E-state index contributed by atoms with van der Waals surface area (Å²) in [5, 5.41) is 0. The molecule has 0 aromatic heterocycles. The Balaban J connectivity index is 2.68. The maximum Gasteiger partial charge on any atom is 0.141 e. The average molecular weight is 212 g/mol. The SMILES string of the molecule is COCC1(C(=O)CC(C)(C)C)CCCC1. The van der Waals surface area contributed by atoms with E-state index < -0.39 is 0 Å². The first-order valence-corrected chi connectivity index (χ1v) is 5.92. The van der Waals surface area contributed by atoms with Crippen molar-refractivity contribution in [3.05, 3.63) is 0 Å². The number of hydrogen-bond acceptors (Lipinski definition) is 2. The van der Waals surface area contributed by atoms with E-state index in [1.165, 1.54) is 12.8 Å². The molecule has 0 saturated heterocycles. The highest BCUT2D eigenvalue weighted by molar-refractivity contribution is 5.85. The molecule has 0 heterocycles. The third-order valence-electron chi connectivity index (χ3n) is 3.26. The fourth-order valence-corrected chi connectivity index (χ4v) is 2.50. The highest BCUT2D eigenvalue weighted by atomic mass is 16.5. The summed E-state index contributed by atoms with van der Waals surface area (Å²) in [4.78, 5) is 12.3. The molecule has 0 bridgehead atoms. The summed E-state index contributed by atoms with van der Waals surface area (Å²) in [6.45, 7) is 6.99. The van der Waals surface area contributed by atoms with Crippen molar-refractivity contribution >= 4 is 5.78 Å². The van der Waals surface area contributed by atoms with Gasteiger partial charge < -0.3 is 4.74 Å². The van der Waals surface area contributed by atoms with Gasteiger partial charge in [0.15, 0.2) is 0 Å². The number of carbonyl (C=O) groups excluding carboxylic acids is 1. The van der Waals surface area contributed by atoms with Crippen LogP contribution in [0.2, 0.25) is 0 Å². The van der Waals surface area contributed by atoms with Crippen LogP contribution in [0.4, 0.5) is 0 Å². The number of methoxy groups -OCH3 is 1. The van der Waals surface area contributed by atoms with Crippen molar-refractivity contribution in [2.75, 3.05) is 13.7 Å². The molecule has 0 amide bonds. The van der Waals surface area contributed by atoms with Crippen LogP contribution in [0.5, 0.6) is 0 Å². The van der Waals surface area contributed by atoms with Crippen molar-refractivity contribution in [1.29, 1.82) is 0 Å². The molecule has 0 radical (unpaired) electrons. The highest BCUT2D eigenvalue weighted by Crippen LogP contribution is 2.41. The second-order valence-electron chi connectivity index (χ2n) is 6.08. The predicted molar refractivity (Wildman–Crippen MR) is 61.9 cm³/mol. The molecular weight excluding hydrogens is 188 g/mol. The fourth-order valence-electron chi connectivity index (χ4n) is 2.50. The third kappa shape index (κ3) is 3.30. The molecule has 0 atom stereocenters. The summed E-state index contributed by atoms with van der Waals surface area (Å²) in [6.07, 6.45) is 5.08. The molecule has 15 heavy (non-hydrogen) atoms. The Morgan fingerprint density at radius 2 is 1.80 bits per heavy atom. The van der Waals surface area contributed by atoms with E-state index in [1.807, 2.05) is 0 Å². The lowest BCUT2D eigenvalue weighted by Crippen LogP contribution is -2.35. The molecule has 1 aliphatic carbocycles. The lowest BCUT2D eigenvalue weighted by Gasteiger charge is -2.30. The van der Waals surface area contributed by atoms with Crippen molar-refractivity contribution in [2.24, 2.45) is 10.8 Å². The maximum atomic E-state index is 12.3. The third-order valence-corrected chi connectivity index (χ3v) is 3.26. The molecule has 1 saturated carbocycles. The summed E-state index contributed by atoms with van der Waals surface area (Å²) in [5.41, 5.74) is -0.0531. The normalized spacial score (nSPS) is 20.5. The van der Waals surface area contributed by atoms with Crippen molar-refractivity contribution in [2.45, 2.75) is 52.9 Å². The lowest BCUT2D eigenvalue weighted by molar-refractivity contribution is -0.133. The van der Waals surface area contributed by atoms with Gasteiger partial charge in [-0.3, -0.25) is 4.79 Å². The second-order valence-corrected chi connectivity index (χ2v) is 6.08. The maximum absolute atomic E-state index is 12.3. The Bertz CT molecular complexity index is 219. The second kappa shape index (κ2) is 4.65. The minimum Gasteiger partial charge on any atom is -0.384 e. The Morgan fingerprint density at radius 3 is 2.20 bits per heavy atom. The Labute approximate surface area is 93.4 Å². The molecule has 0 aromatic rings. The van der Waals surface area contributed by atoms with Crippen LogP contribution in [0.1, 0.15) is 52.9 Å². The molecule has 2 nitrogen and oxygen atoms in total. The van der Waals surface area contributed by atoms with E-state index in [0.717, 1.165) is 12.8 Å². The fraction of sp³-hybridized carbons (Fsp3) is 0.923. The van der Waals surface area contributed by atoms with E-state index in [-0.39, 0.29) is 10.8 Å². The minimum atomic E-state index is -0.151. The molecule has 2 heteroatoms. The average Bonchev–Trinajstić information content (AvgIpc) is 2.51. The van der Waals surface area contributed by atoms with E-state index >= 15 is 0 Å². The Morgan fingerprint density at radius 1 is 1.27 bits per heavy atom. The topological polar surface area (TPSA) is 26.3 Å². The van der Waals surface area contributed by atoms with Crippen molar-refractivity contribution < 1.29 is 9.53 Å². The minimum absolute atomic E-state index is 0.0976. The number of Topliss-reactive ketones (excluding diaryl/α,β-unsaturated/α-hetero) is 1. The van der Waals surface area contributed by atoms with Gasteiger partial charge in [0.2, 0.25) is 0 Å². The van der Waals surface area contributed by atoms with Gasteiger partial charge in [-0.15, -0.1) is 0 Å². The van der Waals surface area contributed by atoms with Crippen molar-refractivity contribution in [1.82, 2.24) is 0 Å². The summed E-state index contributed by atoms with van der Waals surface area (Å²) < 4.78 is 5.24. The number of carbonyl (C=O) groups is 1. The molecule has 1 fully saturated rings. The van der Waals surface area contributed by atoms with Crippen LogP contribution in [-0.4, -0.2) is 19.5 Å². The van der Waals surface area contributed by atoms with Crippen molar-refractivity contribution in [3.8, 4) is 0 Å². The largest absolute Gasteiger partial charge is 0.384 e. The van der Waals surface area contributed by atoms with Crippen LogP contribution in [-0.2, 0) is 9.53 Å². The van der Waals surface area contributed by atoms with Gasteiger partial charge in [0, 0.05) is 13.5 Å². The van der Waals surface area contributed by atoms with Crippen LogP contribution in [0.15, 0.2) is 0 Å². The van der Waals surface area contributed by atoms with Gasteiger partial charge in [-0.2, -0.15) is 0 Å². The number of ketones is 1. The predicted octanol–water partition coefficient (Wildman–Crippen LogP) is 3.20. The lowest BCUT2D eigenvalue weighted by atomic mass is 9.76. The molecule has 1 aliphatic rings. The molecular formula is C13H24O2. The number of hydrogen-bond donors (Lipinski definition) is 0. The van der Waals surface area contributed by atoms with Gasteiger partial charge >= 0.3 is 0 Å². The number of ether oxygens (including phenoxy) is 1. The first kappa shape index (κ1) is 12.7. The highest BCUT2D eigenvalue weighted by Gasteiger charge is 2.41. The molecule has 0 aromatic carbocycles. The molecule has 1 rings (SSSR count). The smallest absolute Gasteiger partial charge is 0.141 e. The summed E-state index contributed by atoms with van der Waals surface area (Å²) >= 11 is 0. The van der Waals surface area contributed by atoms with E-state index in [1.54, 1.807) is 7.11 Å². The van der Waals surface area contributed by atoms with E-state index in [2.05, 4.69) is 20.8 Å². The van der Waals surface area contributed by atoms with Crippen LogP contribution < -0.4 is 0 Å². The first-order chi connectivity index (χ1) is 6.90. The summed E-state index contributed by atoms with van der Waals surface area (Å²) in [5.74, 6) is 0.411. The molecule has 0 aliphatic heterocycles. The summed E-state index contributed by atoms with van der Waals surface area (Å²) in [7, 11) is 1.70. The van der Waals surface area contributed by atoms with E-state index in [4.69, 9.17) is 4.74 Å². The van der Waals surface area contributed by atoms with Gasteiger partial charge in [0.1, 0.15) is 5.78 Å². The van der Waals surface area contributed by atoms with Gasteiger partial charge in [-0.25, -0.2) is 0 Å². The van der Waals surface area contributed by atoms with Gasteiger partial charge in [0.05, 0.1) is 12.0 Å². The van der Waals surface area contributed by atoms with Gasteiger partial charge in [0.25, 0.3) is 0 Å². The molecule has 0 spiro atoms. The first-order valence-electron chi connectivity index (χ1n) is 5.92. The monoisotopic (exact) mass is 212 g/mol. The van der Waals surface area contributed by atoms with Crippen LogP contribution >= 0.6 is 0 Å². The molecule has 0 N–H and O–H groups in total. The standard InChI is InChI=1S/C13H24O2/c1-12(2,3)9-11(14)13(10-15-4)7-5-6-8-13/h5-10H2,1-4H3. The summed E-state index contributed by atoms with van der Waals surface area (Å²) in [6, 6.07) is 0. The van der Waals surface area contributed by atoms with Gasteiger partial charge in [-0.05, 0) is 18.3 Å². The van der Waals surface area contributed by atoms with Crippen molar-refractivity contribution in [3.63, 3.8) is 0 Å². The zero-order valence-corrected chi connectivity index (χ0v) is 10.6. The number of rotatable bonds is 4. The zero-order chi connectivity index (χ0) is 11.5. The van der Waals surface area contributed by atoms with E-state index in [0.29, 0.717) is 18.8 Å².